The van der Waals surface area contributed by atoms with Gasteiger partial charge in [-0.2, -0.15) is 5.26 Å². The Morgan fingerprint density at radius 3 is 2.72 bits per heavy atom. The van der Waals surface area contributed by atoms with Crippen LogP contribution in [0.3, 0.4) is 0 Å². The molecule has 0 saturated carbocycles. The first kappa shape index (κ1) is 12.8. The molecule has 90 valence electrons. The fourth-order valence-electron chi connectivity index (χ4n) is 1.54. The molecule has 5 heteroatoms. The normalized spacial score (nSPS) is 10.1. The minimum absolute atomic E-state index is 0.119. The topological polar surface area (TPSA) is 36.7 Å². The molecule has 2 rings (SSSR count). The number of nitrogens with zero attached hydrogens (tertiary/aromatic N) is 2. The third-order valence-corrected chi connectivity index (χ3v) is 2.93. The van der Waals surface area contributed by atoms with Gasteiger partial charge in [-0.3, -0.25) is 4.98 Å². The Bertz CT molecular complexity index is 635. The van der Waals surface area contributed by atoms with Gasteiger partial charge in [0.05, 0.1) is 17.5 Å². The maximum atomic E-state index is 13.9. The first-order valence-corrected chi connectivity index (χ1v) is 5.84. The van der Waals surface area contributed by atoms with Crippen molar-refractivity contribution in [2.75, 3.05) is 0 Å². The molecule has 0 saturated heterocycles. The van der Waals surface area contributed by atoms with Crippen molar-refractivity contribution in [3.05, 3.63) is 51.9 Å². The molecule has 0 aliphatic carbocycles. The van der Waals surface area contributed by atoms with Gasteiger partial charge in [-0.05, 0) is 29.8 Å². The summed E-state index contributed by atoms with van der Waals surface area (Å²) in [4.78, 5) is 4.00. The van der Waals surface area contributed by atoms with E-state index in [-0.39, 0.29) is 12.1 Å². The van der Waals surface area contributed by atoms with E-state index in [1.165, 1.54) is 12.3 Å². The Morgan fingerprint density at radius 1 is 1.28 bits per heavy atom. The number of hydrogen-bond acceptors (Lipinski definition) is 2. The van der Waals surface area contributed by atoms with Gasteiger partial charge >= 0.3 is 0 Å². The Hall–Kier alpha value is -1.63. The van der Waals surface area contributed by atoms with Crippen molar-refractivity contribution >= 4 is 23.2 Å². The smallest absolute Gasteiger partial charge is 0.149 e. The minimum atomic E-state index is -0.521. The predicted molar refractivity (Wildman–Crippen MR) is 69.0 cm³/mol. The van der Waals surface area contributed by atoms with Crippen molar-refractivity contribution < 1.29 is 4.39 Å². The van der Waals surface area contributed by atoms with E-state index in [9.17, 15) is 4.39 Å². The zero-order chi connectivity index (χ0) is 13.1. The molecule has 2 nitrogen and oxygen atoms in total. The predicted octanol–water partition coefficient (Wildman–Crippen LogP) is 4.26. The van der Waals surface area contributed by atoms with Gasteiger partial charge in [0.1, 0.15) is 11.5 Å². The lowest BCUT2D eigenvalue weighted by atomic mass is 10.1. The number of nitriles is 1. The molecular formula is C13H7Cl2FN2. The lowest BCUT2D eigenvalue weighted by molar-refractivity contribution is 0.624. The van der Waals surface area contributed by atoms with Crippen LogP contribution in [0.25, 0.3) is 11.3 Å². The number of benzene rings is 1. The number of aromatic nitrogens is 1. The molecule has 1 aromatic carbocycles. The fourth-order valence-corrected chi connectivity index (χ4v) is 1.92. The summed E-state index contributed by atoms with van der Waals surface area (Å²) in [7, 11) is 0. The lowest BCUT2D eigenvalue weighted by Gasteiger charge is -2.06. The molecule has 0 N–H and O–H groups in total. The SMILES string of the molecule is N#CCc1cnc(-c2cc(Cl)ccc2Cl)c(F)c1. The zero-order valence-electron chi connectivity index (χ0n) is 9.12. The van der Waals surface area contributed by atoms with Gasteiger partial charge in [0.2, 0.25) is 0 Å². The molecule has 0 aliphatic rings. The van der Waals surface area contributed by atoms with Gasteiger partial charge in [-0.25, -0.2) is 4.39 Å². The van der Waals surface area contributed by atoms with Crippen LogP contribution in [0.15, 0.2) is 30.5 Å². The van der Waals surface area contributed by atoms with Crippen molar-refractivity contribution in [1.29, 1.82) is 5.26 Å². The van der Waals surface area contributed by atoms with Crippen molar-refractivity contribution in [3.8, 4) is 17.3 Å². The highest BCUT2D eigenvalue weighted by Crippen LogP contribution is 2.31. The van der Waals surface area contributed by atoms with Crippen LogP contribution in [0.1, 0.15) is 5.56 Å². The van der Waals surface area contributed by atoms with Crippen LogP contribution in [0, 0.1) is 17.1 Å². The molecule has 0 spiro atoms. The highest BCUT2D eigenvalue weighted by molar-refractivity contribution is 6.35. The van der Waals surface area contributed by atoms with Gasteiger partial charge in [0.15, 0.2) is 0 Å². The number of rotatable bonds is 2. The number of halogens is 3. The number of pyridine rings is 1. The molecule has 0 aliphatic heterocycles. The summed E-state index contributed by atoms with van der Waals surface area (Å²) < 4.78 is 13.9. The standard InChI is InChI=1S/C13H7Cl2FN2/c14-9-1-2-11(15)10(6-9)13-12(16)5-8(3-4-17)7-18-13/h1-2,5-7H,3H2. The van der Waals surface area contributed by atoms with Crippen molar-refractivity contribution in [3.63, 3.8) is 0 Å². The largest absolute Gasteiger partial charge is 0.253 e. The minimum Gasteiger partial charge on any atom is -0.253 e. The van der Waals surface area contributed by atoms with Gasteiger partial charge in [0.25, 0.3) is 0 Å². The summed E-state index contributed by atoms with van der Waals surface area (Å²) in [5.41, 5.74) is 1.09. The Kier molecular flexibility index (Phi) is 3.81. The van der Waals surface area contributed by atoms with Crippen LogP contribution >= 0.6 is 23.2 Å². The molecule has 2 aromatic rings. The van der Waals surface area contributed by atoms with Gasteiger partial charge in [-0.1, -0.05) is 23.2 Å². The molecule has 0 atom stereocenters. The third-order valence-electron chi connectivity index (χ3n) is 2.36. The Morgan fingerprint density at radius 2 is 2.06 bits per heavy atom. The molecule has 1 aromatic heterocycles. The molecule has 0 amide bonds. The zero-order valence-corrected chi connectivity index (χ0v) is 10.6. The average molecular weight is 281 g/mol. The first-order valence-electron chi connectivity index (χ1n) is 5.08. The lowest BCUT2D eigenvalue weighted by Crippen LogP contribution is -1.93. The van der Waals surface area contributed by atoms with Crippen LogP contribution in [0.5, 0.6) is 0 Å². The molecule has 0 radical (unpaired) electrons. The quantitative estimate of drug-likeness (QED) is 0.824. The number of hydrogen-bond donors (Lipinski definition) is 0. The fraction of sp³-hybridized carbons (Fsp3) is 0.0769. The first-order chi connectivity index (χ1) is 8.61. The van der Waals surface area contributed by atoms with Gasteiger partial charge < -0.3 is 0 Å². The summed E-state index contributed by atoms with van der Waals surface area (Å²) in [6, 6.07) is 7.98. The molecule has 0 bridgehead atoms. The van der Waals surface area contributed by atoms with E-state index in [0.29, 0.717) is 21.2 Å². The summed E-state index contributed by atoms with van der Waals surface area (Å²) in [6.07, 6.45) is 1.58. The van der Waals surface area contributed by atoms with Crippen LogP contribution < -0.4 is 0 Å². The Labute approximate surface area is 114 Å². The average Bonchev–Trinajstić information content (AvgIpc) is 2.33. The van der Waals surface area contributed by atoms with E-state index in [4.69, 9.17) is 28.5 Å². The molecular weight excluding hydrogens is 274 g/mol. The van der Waals surface area contributed by atoms with Crippen LogP contribution in [0.2, 0.25) is 10.0 Å². The summed E-state index contributed by atoms with van der Waals surface area (Å²) in [5.74, 6) is -0.521. The van der Waals surface area contributed by atoms with E-state index in [1.54, 1.807) is 18.2 Å². The second kappa shape index (κ2) is 5.34. The highest BCUT2D eigenvalue weighted by Gasteiger charge is 2.12. The van der Waals surface area contributed by atoms with E-state index in [1.807, 2.05) is 6.07 Å². The summed E-state index contributed by atoms with van der Waals surface area (Å²) >= 11 is 11.8. The van der Waals surface area contributed by atoms with Crippen LogP contribution in [-0.2, 0) is 6.42 Å². The second-order valence-electron chi connectivity index (χ2n) is 3.63. The second-order valence-corrected chi connectivity index (χ2v) is 4.48. The van der Waals surface area contributed by atoms with E-state index >= 15 is 0 Å². The third kappa shape index (κ3) is 2.61. The van der Waals surface area contributed by atoms with Crippen LogP contribution in [-0.4, -0.2) is 4.98 Å². The molecule has 18 heavy (non-hydrogen) atoms. The van der Waals surface area contributed by atoms with E-state index < -0.39 is 5.82 Å². The monoisotopic (exact) mass is 280 g/mol. The maximum Gasteiger partial charge on any atom is 0.149 e. The molecule has 0 fully saturated rings. The van der Waals surface area contributed by atoms with E-state index in [0.717, 1.165) is 0 Å². The van der Waals surface area contributed by atoms with Crippen molar-refractivity contribution in [1.82, 2.24) is 4.98 Å². The highest BCUT2D eigenvalue weighted by atomic mass is 35.5. The Balaban J connectivity index is 2.51. The van der Waals surface area contributed by atoms with Crippen LogP contribution in [0.4, 0.5) is 4.39 Å². The molecule has 0 unspecified atom stereocenters. The van der Waals surface area contributed by atoms with Crippen molar-refractivity contribution in [2.45, 2.75) is 6.42 Å². The summed E-state index contributed by atoms with van der Waals surface area (Å²) in [6.45, 7) is 0. The maximum absolute atomic E-state index is 13.9. The van der Waals surface area contributed by atoms with Gasteiger partial charge in [-0.15, -0.1) is 0 Å². The van der Waals surface area contributed by atoms with E-state index in [2.05, 4.69) is 4.98 Å². The summed E-state index contributed by atoms with van der Waals surface area (Å²) in [5, 5.41) is 9.37. The molecule has 1 heterocycles. The van der Waals surface area contributed by atoms with Crippen molar-refractivity contribution in [2.24, 2.45) is 0 Å². The van der Waals surface area contributed by atoms with Gasteiger partial charge in [0, 0.05) is 16.8 Å².